The van der Waals surface area contributed by atoms with E-state index in [0.717, 1.165) is 11.3 Å². The molecule has 0 N–H and O–H groups in total. The number of likely N-dealkylation sites (N-methyl/N-ethyl adjacent to an activating group) is 1. The average molecular weight is 314 g/mol. The molecule has 23 heavy (non-hydrogen) atoms. The number of anilines is 1. The molecule has 0 saturated heterocycles. The third kappa shape index (κ3) is 4.06. The predicted octanol–water partition coefficient (Wildman–Crippen LogP) is 3.34. The van der Waals surface area contributed by atoms with E-state index in [2.05, 4.69) is 0 Å². The van der Waals surface area contributed by atoms with E-state index in [1.165, 1.54) is 24.3 Å². The standard InChI is InChI=1S/C17H18N2O4/c1-3-18(16-7-5-4-6-13(16)2)17(20)12-23-15-10-8-14(9-11-15)19(21)22/h4-11H,3,12H2,1-2H3. The van der Waals surface area contributed by atoms with Crippen molar-refractivity contribution in [2.75, 3.05) is 18.1 Å². The van der Waals surface area contributed by atoms with E-state index in [9.17, 15) is 14.9 Å². The molecule has 0 heterocycles. The second kappa shape index (κ2) is 7.40. The van der Waals surface area contributed by atoms with Crippen LogP contribution in [0.2, 0.25) is 0 Å². The molecule has 120 valence electrons. The van der Waals surface area contributed by atoms with Crippen LogP contribution >= 0.6 is 0 Å². The number of amides is 1. The van der Waals surface area contributed by atoms with Crippen LogP contribution in [0.5, 0.6) is 5.75 Å². The topological polar surface area (TPSA) is 72.7 Å². The Labute approximate surface area is 134 Å². The molecule has 0 aliphatic carbocycles. The molecule has 0 unspecified atom stereocenters. The minimum atomic E-state index is -0.480. The molecule has 2 aromatic carbocycles. The lowest BCUT2D eigenvalue weighted by atomic mass is 10.2. The summed E-state index contributed by atoms with van der Waals surface area (Å²) >= 11 is 0. The van der Waals surface area contributed by atoms with Crippen molar-refractivity contribution in [1.29, 1.82) is 0 Å². The van der Waals surface area contributed by atoms with Gasteiger partial charge in [0.15, 0.2) is 6.61 Å². The van der Waals surface area contributed by atoms with Crippen molar-refractivity contribution in [2.45, 2.75) is 13.8 Å². The van der Waals surface area contributed by atoms with Crippen molar-refractivity contribution in [3.63, 3.8) is 0 Å². The second-order valence-electron chi connectivity index (χ2n) is 4.96. The van der Waals surface area contributed by atoms with Crippen LogP contribution in [0.3, 0.4) is 0 Å². The average Bonchev–Trinajstić information content (AvgIpc) is 2.55. The summed E-state index contributed by atoms with van der Waals surface area (Å²) in [5.41, 5.74) is 1.85. The summed E-state index contributed by atoms with van der Waals surface area (Å²) in [5.74, 6) is 0.255. The molecule has 0 aliphatic heterocycles. The van der Waals surface area contributed by atoms with Crippen LogP contribution in [0.4, 0.5) is 11.4 Å². The number of hydrogen-bond donors (Lipinski definition) is 0. The van der Waals surface area contributed by atoms with Gasteiger partial charge in [0.2, 0.25) is 0 Å². The van der Waals surface area contributed by atoms with E-state index in [4.69, 9.17) is 4.74 Å². The maximum absolute atomic E-state index is 12.4. The zero-order chi connectivity index (χ0) is 16.8. The van der Waals surface area contributed by atoms with Crippen LogP contribution in [0, 0.1) is 17.0 Å². The number of non-ortho nitro benzene ring substituents is 1. The van der Waals surface area contributed by atoms with Crippen molar-refractivity contribution < 1.29 is 14.5 Å². The molecule has 2 aromatic rings. The fourth-order valence-electron chi connectivity index (χ4n) is 2.23. The van der Waals surface area contributed by atoms with Gasteiger partial charge in [-0.05, 0) is 37.6 Å². The Morgan fingerprint density at radius 1 is 1.17 bits per heavy atom. The van der Waals surface area contributed by atoms with Gasteiger partial charge >= 0.3 is 0 Å². The predicted molar refractivity (Wildman–Crippen MR) is 87.8 cm³/mol. The molecule has 0 aromatic heterocycles. The lowest BCUT2D eigenvalue weighted by Gasteiger charge is -2.23. The maximum Gasteiger partial charge on any atom is 0.269 e. The van der Waals surface area contributed by atoms with Crippen molar-refractivity contribution in [1.82, 2.24) is 0 Å². The van der Waals surface area contributed by atoms with Gasteiger partial charge in [-0.25, -0.2) is 0 Å². The highest BCUT2D eigenvalue weighted by Gasteiger charge is 2.16. The number of benzene rings is 2. The van der Waals surface area contributed by atoms with E-state index < -0.39 is 4.92 Å². The number of hydrogen-bond acceptors (Lipinski definition) is 4. The lowest BCUT2D eigenvalue weighted by molar-refractivity contribution is -0.384. The van der Waals surface area contributed by atoms with Gasteiger partial charge < -0.3 is 9.64 Å². The summed E-state index contributed by atoms with van der Waals surface area (Å²) in [6, 6.07) is 13.3. The molecule has 1 amide bonds. The summed E-state index contributed by atoms with van der Waals surface area (Å²) in [6.07, 6.45) is 0. The van der Waals surface area contributed by atoms with Crippen molar-refractivity contribution in [3.8, 4) is 5.75 Å². The van der Waals surface area contributed by atoms with E-state index in [-0.39, 0.29) is 18.2 Å². The first kappa shape index (κ1) is 16.5. The second-order valence-corrected chi connectivity index (χ2v) is 4.96. The zero-order valence-corrected chi connectivity index (χ0v) is 13.1. The molecular weight excluding hydrogens is 296 g/mol. The van der Waals surface area contributed by atoms with E-state index in [1.54, 1.807) is 4.90 Å². The molecule has 2 rings (SSSR count). The molecule has 0 aliphatic rings. The molecule has 0 atom stereocenters. The van der Waals surface area contributed by atoms with Crippen LogP contribution < -0.4 is 9.64 Å². The number of carbonyl (C=O) groups is 1. The highest BCUT2D eigenvalue weighted by atomic mass is 16.6. The monoisotopic (exact) mass is 314 g/mol. The van der Waals surface area contributed by atoms with Crippen molar-refractivity contribution >= 4 is 17.3 Å². The SMILES string of the molecule is CCN(C(=O)COc1ccc([N+](=O)[O-])cc1)c1ccccc1C. The lowest BCUT2D eigenvalue weighted by Crippen LogP contribution is -2.35. The van der Waals surface area contributed by atoms with Crippen LogP contribution in [0.25, 0.3) is 0 Å². The highest BCUT2D eigenvalue weighted by Crippen LogP contribution is 2.20. The molecule has 0 spiro atoms. The minimum Gasteiger partial charge on any atom is -0.484 e. The van der Waals surface area contributed by atoms with Gasteiger partial charge in [0.25, 0.3) is 11.6 Å². The Hall–Kier alpha value is -2.89. The van der Waals surface area contributed by atoms with E-state index in [1.807, 2.05) is 38.1 Å². The van der Waals surface area contributed by atoms with Crippen LogP contribution in [-0.2, 0) is 4.79 Å². The summed E-state index contributed by atoms with van der Waals surface area (Å²) in [5, 5.41) is 10.6. The first-order chi connectivity index (χ1) is 11.0. The fraction of sp³-hybridized carbons (Fsp3) is 0.235. The number of nitro benzene ring substituents is 1. The highest BCUT2D eigenvalue weighted by molar-refractivity contribution is 5.95. The number of ether oxygens (including phenoxy) is 1. The van der Waals surface area contributed by atoms with Gasteiger partial charge in [0.1, 0.15) is 5.75 Å². The Bertz CT molecular complexity index is 698. The first-order valence-electron chi connectivity index (χ1n) is 7.26. The molecule has 0 saturated carbocycles. The van der Waals surface area contributed by atoms with Crippen LogP contribution in [-0.4, -0.2) is 24.0 Å². The zero-order valence-electron chi connectivity index (χ0n) is 13.1. The number of para-hydroxylation sites is 1. The van der Waals surface area contributed by atoms with Crippen molar-refractivity contribution in [2.24, 2.45) is 0 Å². The molecule has 0 fully saturated rings. The fourth-order valence-corrected chi connectivity index (χ4v) is 2.23. The number of aryl methyl sites for hydroxylation is 1. The van der Waals surface area contributed by atoms with E-state index in [0.29, 0.717) is 12.3 Å². The number of nitro groups is 1. The quantitative estimate of drug-likeness (QED) is 0.605. The molecular formula is C17H18N2O4. The summed E-state index contributed by atoms with van der Waals surface area (Å²) < 4.78 is 5.43. The summed E-state index contributed by atoms with van der Waals surface area (Å²) in [6.45, 7) is 4.26. The molecule has 6 heteroatoms. The maximum atomic E-state index is 12.4. The third-order valence-corrected chi connectivity index (χ3v) is 3.43. The van der Waals surface area contributed by atoms with Crippen LogP contribution in [0.1, 0.15) is 12.5 Å². The first-order valence-corrected chi connectivity index (χ1v) is 7.26. The number of carbonyl (C=O) groups excluding carboxylic acids is 1. The van der Waals surface area contributed by atoms with Gasteiger partial charge in [-0.3, -0.25) is 14.9 Å². The van der Waals surface area contributed by atoms with Gasteiger partial charge in [0, 0.05) is 24.4 Å². The normalized spacial score (nSPS) is 10.2. The Morgan fingerprint density at radius 2 is 1.83 bits per heavy atom. The van der Waals surface area contributed by atoms with Gasteiger partial charge in [-0.2, -0.15) is 0 Å². The number of rotatable bonds is 6. The Morgan fingerprint density at radius 3 is 2.39 bits per heavy atom. The van der Waals surface area contributed by atoms with Gasteiger partial charge in [-0.1, -0.05) is 18.2 Å². The minimum absolute atomic E-state index is 0.0150. The summed E-state index contributed by atoms with van der Waals surface area (Å²) in [7, 11) is 0. The third-order valence-electron chi connectivity index (χ3n) is 3.43. The van der Waals surface area contributed by atoms with Crippen LogP contribution in [0.15, 0.2) is 48.5 Å². The number of nitrogens with zero attached hydrogens (tertiary/aromatic N) is 2. The summed E-state index contributed by atoms with van der Waals surface area (Å²) in [4.78, 5) is 24.1. The Kier molecular flexibility index (Phi) is 5.30. The smallest absolute Gasteiger partial charge is 0.269 e. The van der Waals surface area contributed by atoms with Gasteiger partial charge in [-0.15, -0.1) is 0 Å². The van der Waals surface area contributed by atoms with Gasteiger partial charge in [0.05, 0.1) is 4.92 Å². The molecule has 0 radical (unpaired) electrons. The Balaban J connectivity index is 2.03. The molecule has 0 bridgehead atoms. The van der Waals surface area contributed by atoms with Crippen molar-refractivity contribution in [3.05, 3.63) is 64.2 Å². The largest absolute Gasteiger partial charge is 0.484 e. The molecule has 6 nitrogen and oxygen atoms in total. The van der Waals surface area contributed by atoms with E-state index >= 15 is 0 Å².